The van der Waals surface area contributed by atoms with E-state index in [1.54, 1.807) is 11.3 Å². The molecule has 4 aromatic rings. The number of piperidine rings is 2. The van der Waals surface area contributed by atoms with Crippen LogP contribution in [-0.2, 0) is 0 Å². The highest BCUT2D eigenvalue weighted by Gasteiger charge is 2.37. The lowest BCUT2D eigenvalue weighted by Gasteiger charge is -2.45. The highest BCUT2D eigenvalue weighted by molar-refractivity contribution is 7.22. The number of hydrogen-bond acceptors (Lipinski definition) is 4. The van der Waals surface area contributed by atoms with E-state index in [4.69, 9.17) is 4.98 Å². The normalized spacial score (nSPS) is 20.3. The molecular weight excluding hydrogens is 426 g/mol. The molecule has 33 heavy (non-hydrogen) atoms. The average molecular weight is 454 g/mol. The summed E-state index contributed by atoms with van der Waals surface area (Å²) in [6.07, 6.45) is 1.20. The van der Waals surface area contributed by atoms with Gasteiger partial charge in [0.2, 0.25) is 0 Å². The van der Waals surface area contributed by atoms with E-state index in [0.717, 1.165) is 53.5 Å². The van der Waals surface area contributed by atoms with Crippen molar-refractivity contribution >= 4 is 32.6 Å². The highest BCUT2D eigenvalue weighted by Crippen LogP contribution is 2.36. The number of likely N-dealkylation sites (tertiary alicyclic amines) is 1. The van der Waals surface area contributed by atoms with Crippen LogP contribution in [0.1, 0.15) is 22.3 Å². The lowest BCUT2D eigenvalue weighted by Crippen LogP contribution is -2.54. The number of thiazole rings is 1. The van der Waals surface area contributed by atoms with Crippen molar-refractivity contribution in [1.82, 2.24) is 9.88 Å². The van der Waals surface area contributed by atoms with Gasteiger partial charge in [0.05, 0.1) is 10.2 Å². The van der Waals surface area contributed by atoms with Crippen LogP contribution in [0.3, 0.4) is 0 Å². The minimum absolute atomic E-state index is 0.162. The fraction of sp³-hybridized carbons (Fsp3) is 0.286. The minimum atomic E-state index is 0.162. The van der Waals surface area contributed by atoms with Crippen LogP contribution in [0.25, 0.3) is 21.3 Å². The van der Waals surface area contributed by atoms with E-state index in [-0.39, 0.29) is 5.91 Å². The van der Waals surface area contributed by atoms with E-state index in [2.05, 4.69) is 71.3 Å². The van der Waals surface area contributed by atoms with Crippen LogP contribution < -0.4 is 4.90 Å². The maximum absolute atomic E-state index is 13.7. The smallest absolute Gasteiger partial charge is 0.254 e. The summed E-state index contributed by atoms with van der Waals surface area (Å²) in [5.41, 5.74) is 5.23. The summed E-state index contributed by atoms with van der Waals surface area (Å²) < 4.78 is 1.24. The number of fused-ring (bicyclic) bond motifs is 3. The van der Waals surface area contributed by atoms with Crippen molar-refractivity contribution in [2.45, 2.75) is 13.3 Å². The van der Waals surface area contributed by atoms with Crippen molar-refractivity contribution in [2.24, 2.45) is 11.8 Å². The summed E-state index contributed by atoms with van der Waals surface area (Å²) in [5, 5.41) is 1.12. The Morgan fingerprint density at radius 2 is 1.67 bits per heavy atom. The van der Waals surface area contributed by atoms with Crippen LogP contribution in [0, 0.1) is 18.8 Å². The third kappa shape index (κ3) is 3.91. The molecule has 6 rings (SSSR count). The molecule has 2 bridgehead atoms. The van der Waals surface area contributed by atoms with Gasteiger partial charge >= 0.3 is 0 Å². The first kappa shape index (κ1) is 20.4. The fourth-order valence-electron chi connectivity index (χ4n) is 5.50. The summed E-state index contributed by atoms with van der Waals surface area (Å²) in [7, 11) is 0. The van der Waals surface area contributed by atoms with Crippen molar-refractivity contribution < 1.29 is 4.79 Å². The Morgan fingerprint density at radius 1 is 0.909 bits per heavy atom. The maximum atomic E-state index is 13.7. The van der Waals surface area contributed by atoms with E-state index in [1.165, 1.54) is 16.7 Å². The number of nitrogens with zero attached hydrogens (tertiary/aromatic N) is 3. The number of hydrogen-bond donors (Lipinski definition) is 0. The first-order chi connectivity index (χ1) is 16.1. The van der Waals surface area contributed by atoms with Gasteiger partial charge in [-0.15, -0.1) is 0 Å². The zero-order chi connectivity index (χ0) is 22.4. The molecule has 2 unspecified atom stereocenters. The van der Waals surface area contributed by atoms with E-state index in [9.17, 15) is 4.79 Å². The van der Waals surface area contributed by atoms with Crippen LogP contribution in [0.2, 0.25) is 0 Å². The Kier molecular flexibility index (Phi) is 5.14. The number of para-hydroxylation sites is 1. The van der Waals surface area contributed by atoms with E-state index in [0.29, 0.717) is 11.8 Å². The zero-order valence-electron chi connectivity index (χ0n) is 18.8. The molecule has 166 valence electrons. The Labute approximate surface area is 198 Å². The van der Waals surface area contributed by atoms with Crippen molar-refractivity contribution in [3.8, 4) is 11.1 Å². The molecule has 5 heteroatoms. The predicted octanol–water partition coefficient (Wildman–Crippen LogP) is 5.87. The summed E-state index contributed by atoms with van der Waals surface area (Å²) in [4.78, 5) is 23.1. The van der Waals surface area contributed by atoms with Crippen LogP contribution in [0.4, 0.5) is 5.13 Å². The number of aryl methyl sites for hydroxylation is 1. The Hall–Kier alpha value is -3.18. The predicted molar refractivity (Wildman–Crippen MR) is 136 cm³/mol. The van der Waals surface area contributed by atoms with Crippen molar-refractivity contribution in [2.75, 3.05) is 31.1 Å². The molecule has 3 heterocycles. The number of amides is 1. The van der Waals surface area contributed by atoms with Gasteiger partial charge in [-0.05, 0) is 54.5 Å². The third-order valence-electron chi connectivity index (χ3n) is 6.91. The largest absolute Gasteiger partial charge is 0.347 e. The number of benzene rings is 3. The second-order valence-corrected chi connectivity index (χ2v) is 10.5. The minimum Gasteiger partial charge on any atom is -0.347 e. The number of carbonyl (C=O) groups excluding carboxylic acids is 1. The molecule has 0 N–H and O–H groups in total. The summed E-state index contributed by atoms with van der Waals surface area (Å²) >= 11 is 1.78. The van der Waals surface area contributed by atoms with Gasteiger partial charge in [0.1, 0.15) is 0 Å². The van der Waals surface area contributed by atoms with Crippen LogP contribution >= 0.6 is 11.3 Å². The van der Waals surface area contributed by atoms with Crippen molar-refractivity contribution in [3.63, 3.8) is 0 Å². The second-order valence-electron chi connectivity index (χ2n) is 9.46. The van der Waals surface area contributed by atoms with Gasteiger partial charge in [0.15, 0.2) is 5.13 Å². The molecule has 3 aromatic carbocycles. The molecule has 0 spiro atoms. The SMILES string of the molecule is Cc1cccc(-c2ccccc2C(=O)N2CC3CC(C2)CN(c2nc4ccccc4s2)C3)c1. The first-order valence-corrected chi connectivity index (χ1v) is 12.5. The molecule has 2 aliphatic rings. The van der Waals surface area contributed by atoms with E-state index in [1.807, 2.05) is 18.2 Å². The summed E-state index contributed by atoms with van der Waals surface area (Å²) in [5.74, 6) is 1.13. The topological polar surface area (TPSA) is 36.4 Å². The Balaban J connectivity index is 1.22. The monoisotopic (exact) mass is 453 g/mol. The van der Waals surface area contributed by atoms with Gasteiger partial charge in [0.25, 0.3) is 5.91 Å². The number of rotatable bonds is 3. The third-order valence-corrected chi connectivity index (χ3v) is 8.01. The molecule has 0 aliphatic carbocycles. The molecule has 0 radical (unpaired) electrons. The van der Waals surface area contributed by atoms with E-state index >= 15 is 0 Å². The molecule has 2 saturated heterocycles. The second kappa shape index (κ2) is 8.31. The number of anilines is 1. The van der Waals surface area contributed by atoms with Crippen molar-refractivity contribution in [3.05, 3.63) is 83.9 Å². The fourth-order valence-corrected chi connectivity index (χ4v) is 6.49. The molecule has 4 nitrogen and oxygen atoms in total. The maximum Gasteiger partial charge on any atom is 0.254 e. The van der Waals surface area contributed by atoms with Gasteiger partial charge in [-0.2, -0.15) is 0 Å². The first-order valence-electron chi connectivity index (χ1n) is 11.7. The number of carbonyl (C=O) groups is 1. The number of aromatic nitrogens is 1. The van der Waals surface area contributed by atoms with Crippen LogP contribution in [0.15, 0.2) is 72.8 Å². The molecular formula is C28H27N3OS. The quantitative estimate of drug-likeness (QED) is 0.389. The lowest BCUT2D eigenvalue weighted by molar-refractivity contribution is 0.0565. The highest BCUT2D eigenvalue weighted by atomic mass is 32.1. The Morgan fingerprint density at radius 3 is 2.45 bits per heavy atom. The average Bonchev–Trinajstić information content (AvgIpc) is 3.27. The molecule has 1 aromatic heterocycles. The van der Waals surface area contributed by atoms with Crippen LogP contribution in [-0.4, -0.2) is 42.0 Å². The van der Waals surface area contributed by atoms with Gasteiger partial charge in [-0.3, -0.25) is 4.79 Å². The Bertz CT molecular complexity index is 1280. The van der Waals surface area contributed by atoms with Crippen LogP contribution in [0.5, 0.6) is 0 Å². The molecule has 2 fully saturated rings. The summed E-state index contributed by atoms with van der Waals surface area (Å²) in [6.45, 7) is 5.67. The lowest BCUT2D eigenvalue weighted by atomic mass is 9.84. The van der Waals surface area contributed by atoms with Crippen molar-refractivity contribution in [1.29, 1.82) is 0 Å². The van der Waals surface area contributed by atoms with E-state index < -0.39 is 0 Å². The standard InChI is InChI=1S/C28H27N3OS/c1-19-7-6-8-22(13-19)23-9-2-3-10-24(23)27(32)30-15-20-14-21(16-30)18-31(17-20)28-29-25-11-4-5-12-26(25)33-28/h2-13,20-21H,14-18H2,1H3. The molecule has 2 atom stereocenters. The van der Waals surface area contributed by atoms with Gasteiger partial charge in [-0.25, -0.2) is 4.98 Å². The summed E-state index contributed by atoms with van der Waals surface area (Å²) in [6, 6.07) is 24.8. The molecule has 0 saturated carbocycles. The molecule has 2 aliphatic heterocycles. The van der Waals surface area contributed by atoms with Gasteiger partial charge in [0, 0.05) is 31.7 Å². The van der Waals surface area contributed by atoms with Gasteiger partial charge < -0.3 is 9.80 Å². The molecule has 1 amide bonds. The van der Waals surface area contributed by atoms with Gasteiger partial charge in [-0.1, -0.05) is 71.5 Å². The zero-order valence-corrected chi connectivity index (χ0v) is 19.6.